The number of methoxy groups -OCH3 is 1. The highest BCUT2D eigenvalue weighted by Crippen LogP contribution is 2.31. The minimum absolute atomic E-state index is 0.196. The van der Waals surface area contributed by atoms with Crippen LogP contribution in [0.3, 0.4) is 0 Å². The second-order valence-electron chi connectivity index (χ2n) is 7.63. The molecule has 11 heteroatoms. The van der Waals surface area contributed by atoms with E-state index in [4.69, 9.17) is 16.3 Å². The van der Waals surface area contributed by atoms with Crippen LogP contribution < -0.4 is 19.7 Å². The molecule has 2 aromatic carbocycles. The molecule has 0 bridgehead atoms. The fraction of sp³-hybridized carbons (Fsp3) is 0.208. The lowest BCUT2D eigenvalue weighted by atomic mass is 10.1. The molecular formula is C24H25ClN4O5S. The molecule has 9 nitrogen and oxygen atoms in total. The maximum Gasteiger partial charge on any atom is 0.253 e. The van der Waals surface area contributed by atoms with Gasteiger partial charge in [0.2, 0.25) is 15.9 Å². The third-order valence-corrected chi connectivity index (χ3v) is 6.62. The monoisotopic (exact) mass is 516 g/mol. The van der Waals surface area contributed by atoms with Gasteiger partial charge >= 0.3 is 0 Å². The highest BCUT2D eigenvalue weighted by atomic mass is 35.5. The zero-order chi connectivity index (χ0) is 25.6. The quantitative estimate of drug-likeness (QED) is 0.449. The van der Waals surface area contributed by atoms with Crippen molar-refractivity contribution < 1.29 is 22.7 Å². The second-order valence-corrected chi connectivity index (χ2v) is 9.90. The third kappa shape index (κ3) is 6.49. The largest absolute Gasteiger partial charge is 0.495 e. The van der Waals surface area contributed by atoms with Crippen molar-refractivity contribution in [3.05, 3.63) is 83.1 Å². The van der Waals surface area contributed by atoms with Gasteiger partial charge in [-0.1, -0.05) is 29.8 Å². The average Bonchev–Trinajstić information content (AvgIpc) is 2.83. The average molecular weight is 517 g/mol. The Morgan fingerprint density at radius 2 is 1.89 bits per heavy atom. The smallest absolute Gasteiger partial charge is 0.253 e. The highest BCUT2D eigenvalue weighted by Gasteiger charge is 2.30. The summed E-state index contributed by atoms with van der Waals surface area (Å²) in [6.07, 6.45) is 4.27. The molecule has 1 aromatic heterocycles. The molecule has 0 saturated carbocycles. The van der Waals surface area contributed by atoms with E-state index in [1.165, 1.54) is 32.2 Å². The molecule has 1 unspecified atom stereocenters. The zero-order valence-corrected chi connectivity index (χ0v) is 20.9. The maximum atomic E-state index is 13.1. The molecule has 2 amide bonds. The fourth-order valence-corrected chi connectivity index (χ4v) is 4.83. The van der Waals surface area contributed by atoms with Crippen LogP contribution in [0.2, 0.25) is 5.02 Å². The summed E-state index contributed by atoms with van der Waals surface area (Å²) in [5.41, 5.74) is 1.49. The number of sulfonamides is 1. The number of anilines is 2. The number of pyridine rings is 1. The van der Waals surface area contributed by atoms with Crippen molar-refractivity contribution in [2.75, 3.05) is 23.0 Å². The van der Waals surface area contributed by atoms with Crippen molar-refractivity contribution in [1.29, 1.82) is 0 Å². The molecule has 2 N–H and O–H groups in total. The Morgan fingerprint density at radius 3 is 2.51 bits per heavy atom. The van der Waals surface area contributed by atoms with Crippen molar-refractivity contribution >= 4 is 44.8 Å². The predicted octanol–water partition coefficient (Wildman–Crippen LogP) is 3.47. The van der Waals surface area contributed by atoms with Gasteiger partial charge in [-0.25, -0.2) is 8.42 Å². The zero-order valence-electron chi connectivity index (χ0n) is 19.4. The Kier molecular flexibility index (Phi) is 8.31. The summed E-state index contributed by atoms with van der Waals surface area (Å²) < 4.78 is 31.3. The van der Waals surface area contributed by atoms with Crippen molar-refractivity contribution in [1.82, 2.24) is 10.3 Å². The molecule has 0 aliphatic carbocycles. The lowest BCUT2D eigenvalue weighted by molar-refractivity contribution is -0.116. The third-order valence-electron chi connectivity index (χ3n) is 5.08. The molecular weight excluding hydrogens is 492 g/mol. The number of ether oxygens (including phenoxy) is 1. The number of aromatic nitrogens is 1. The first-order valence-corrected chi connectivity index (χ1v) is 12.7. The normalized spacial score (nSPS) is 11.9. The number of nitrogens with one attached hydrogen (secondary N) is 2. The first kappa shape index (κ1) is 26.0. The minimum Gasteiger partial charge on any atom is -0.495 e. The molecule has 184 valence electrons. The molecule has 0 saturated heterocycles. The first-order chi connectivity index (χ1) is 16.6. The van der Waals surface area contributed by atoms with E-state index in [0.29, 0.717) is 5.75 Å². The lowest BCUT2D eigenvalue weighted by Crippen LogP contribution is -2.45. The Morgan fingerprint density at radius 1 is 1.14 bits per heavy atom. The molecule has 3 rings (SSSR count). The summed E-state index contributed by atoms with van der Waals surface area (Å²) in [5, 5.41) is 5.65. The van der Waals surface area contributed by atoms with E-state index < -0.39 is 27.9 Å². The van der Waals surface area contributed by atoms with Gasteiger partial charge in [0.25, 0.3) is 5.91 Å². The summed E-state index contributed by atoms with van der Waals surface area (Å²) in [6.45, 7) is 1.70. The Labute approximate surface area is 209 Å². The summed E-state index contributed by atoms with van der Waals surface area (Å²) >= 11 is 6.17. The number of rotatable bonds is 9. The van der Waals surface area contributed by atoms with Crippen molar-refractivity contribution in [3.8, 4) is 5.75 Å². The van der Waals surface area contributed by atoms with Crippen LogP contribution in [-0.4, -0.2) is 44.6 Å². The van der Waals surface area contributed by atoms with E-state index in [0.717, 1.165) is 16.1 Å². The Hall–Kier alpha value is -3.63. The highest BCUT2D eigenvalue weighted by molar-refractivity contribution is 7.92. The Bertz CT molecular complexity index is 1320. The SMILES string of the molecule is COc1ccc(N(C(C)C(=O)Nc2ccccc2C(=O)NCc2cccnc2)S(C)(=O)=O)cc1Cl. The van der Waals surface area contributed by atoms with E-state index in [-0.39, 0.29) is 28.5 Å². The summed E-state index contributed by atoms with van der Waals surface area (Å²) in [7, 11) is -2.43. The predicted molar refractivity (Wildman–Crippen MR) is 135 cm³/mol. The van der Waals surface area contributed by atoms with E-state index >= 15 is 0 Å². The number of para-hydroxylation sites is 1. The van der Waals surface area contributed by atoms with Gasteiger partial charge in [-0.15, -0.1) is 0 Å². The number of nitrogens with zero attached hydrogens (tertiary/aromatic N) is 2. The molecule has 0 spiro atoms. The first-order valence-electron chi connectivity index (χ1n) is 10.5. The van der Waals surface area contributed by atoms with Crippen LogP contribution in [0.5, 0.6) is 5.75 Å². The van der Waals surface area contributed by atoms with Gasteiger partial charge in [0.1, 0.15) is 11.8 Å². The number of halogens is 1. The standard InChI is InChI=1S/C24H25ClN4O5S/c1-16(29(35(3,32)33)18-10-11-22(34-2)20(25)13-18)23(30)28-21-9-5-4-8-19(21)24(31)27-15-17-7-6-12-26-14-17/h4-14,16H,15H2,1-3H3,(H,27,31)(H,28,30). The maximum absolute atomic E-state index is 13.1. The fourth-order valence-electron chi connectivity index (χ4n) is 3.41. The number of hydrogen-bond acceptors (Lipinski definition) is 6. The number of amides is 2. The molecule has 3 aromatic rings. The summed E-state index contributed by atoms with van der Waals surface area (Å²) in [5.74, 6) is -0.665. The number of carbonyl (C=O) groups is 2. The van der Waals surface area contributed by atoms with E-state index in [1.807, 2.05) is 6.07 Å². The van der Waals surface area contributed by atoms with Crippen LogP contribution in [0.15, 0.2) is 67.0 Å². The van der Waals surface area contributed by atoms with Gasteiger partial charge in [-0.3, -0.25) is 18.9 Å². The van der Waals surface area contributed by atoms with Crippen LogP contribution in [0.4, 0.5) is 11.4 Å². The minimum atomic E-state index is -3.87. The van der Waals surface area contributed by atoms with Crippen LogP contribution in [0.1, 0.15) is 22.8 Å². The van der Waals surface area contributed by atoms with Crippen LogP contribution in [0, 0.1) is 0 Å². The molecule has 0 radical (unpaired) electrons. The molecule has 35 heavy (non-hydrogen) atoms. The van der Waals surface area contributed by atoms with E-state index in [1.54, 1.807) is 42.7 Å². The number of hydrogen-bond donors (Lipinski definition) is 2. The van der Waals surface area contributed by atoms with Gasteiger partial charge in [-0.2, -0.15) is 0 Å². The van der Waals surface area contributed by atoms with Crippen molar-refractivity contribution in [2.24, 2.45) is 0 Å². The van der Waals surface area contributed by atoms with Gasteiger partial charge < -0.3 is 15.4 Å². The molecule has 0 fully saturated rings. The number of benzene rings is 2. The Balaban J connectivity index is 1.81. The van der Waals surface area contributed by atoms with E-state index in [2.05, 4.69) is 15.6 Å². The summed E-state index contributed by atoms with van der Waals surface area (Å²) in [6, 6.07) is 13.3. The van der Waals surface area contributed by atoms with E-state index in [9.17, 15) is 18.0 Å². The van der Waals surface area contributed by atoms with Crippen LogP contribution in [0.25, 0.3) is 0 Å². The van der Waals surface area contributed by atoms with Crippen LogP contribution >= 0.6 is 11.6 Å². The van der Waals surface area contributed by atoms with Crippen molar-refractivity contribution in [3.63, 3.8) is 0 Å². The van der Waals surface area contributed by atoms with Gasteiger partial charge in [0.15, 0.2) is 0 Å². The lowest BCUT2D eigenvalue weighted by Gasteiger charge is -2.28. The van der Waals surface area contributed by atoms with Gasteiger partial charge in [0, 0.05) is 18.9 Å². The molecule has 0 aliphatic rings. The molecule has 0 aliphatic heterocycles. The number of carbonyl (C=O) groups excluding carboxylic acids is 2. The van der Waals surface area contributed by atoms with Gasteiger partial charge in [0.05, 0.1) is 35.3 Å². The second kappa shape index (κ2) is 11.2. The van der Waals surface area contributed by atoms with Crippen molar-refractivity contribution in [2.45, 2.75) is 19.5 Å². The molecule has 1 atom stereocenters. The summed E-state index contributed by atoms with van der Waals surface area (Å²) in [4.78, 5) is 29.9. The van der Waals surface area contributed by atoms with Crippen LogP contribution in [-0.2, 0) is 21.4 Å². The topological polar surface area (TPSA) is 118 Å². The van der Waals surface area contributed by atoms with Gasteiger partial charge in [-0.05, 0) is 48.9 Å². The molecule has 1 heterocycles.